The van der Waals surface area contributed by atoms with E-state index >= 15 is 0 Å². The van der Waals surface area contributed by atoms with E-state index in [0.29, 0.717) is 38.2 Å². The average molecular weight is 568 g/mol. The van der Waals surface area contributed by atoms with Gasteiger partial charge in [-0.1, -0.05) is 36.4 Å². The van der Waals surface area contributed by atoms with Gasteiger partial charge in [0.05, 0.1) is 18.8 Å². The van der Waals surface area contributed by atoms with Crippen molar-refractivity contribution in [3.8, 4) is 6.01 Å². The normalized spacial score (nSPS) is 20.8. The van der Waals surface area contributed by atoms with Crippen molar-refractivity contribution in [3.05, 3.63) is 65.1 Å². The first-order valence-corrected chi connectivity index (χ1v) is 15.3. The number of amides is 1. The molecule has 42 heavy (non-hydrogen) atoms. The predicted octanol–water partition coefficient (Wildman–Crippen LogP) is 4.26. The van der Waals surface area contributed by atoms with Crippen molar-refractivity contribution < 1.29 is 9.53 Å². The smallest absolute Gasteiger partial charge is 0.318 e. The lowest BCUT2D eigenvalue weighted by Crippen LogP contribution is -2.42. The molecule has 3 aliphatic rings. The molecule has 0 N–H and O–H groups in total. The SMILES string of the molecule is [C-]#[N+]CC1CCCN(c2nc(OCC3CCCN3CC(=O)N(C)C)nc3c2CCN(c2cccc4ccccc24)C3)C1. The van der Waals surface area contributed by atoms with Gasteiger partial charge in [-0.15, -0.1) is 0 Å². The first kappa shape index (κ1) is 28.2. The Morgan fingerprint density at radius 1 is 1.05 bits per heavy atom. The number of carbonyl (C=O) groups excluding carboxylic acids is 1. The van der Waals surface area contributed by atoms with Crippen LogP contribution in [0.5, 0.6) is 6.01 Å². The molecule has 1 aromatic heterocycles. The Balaban J connectivity index is 1.28. The van der Waals surface area contributed by atoms with E-state index in [1.807, 2.05) is 0 Å². The first-order chi connectivity index (χ1) is 20.5. The van der Waals surface area contributed by atoms with Gasteiger partial charge in [0.2, 0.25) is 12.5 Å². The third-order valence-electron chi connectivity index (χ3n) is 9.04. The number of fused-ring (bicyclic) bond motifs is 2. The number of likely N-dealkylation sites (N-methyl/N-ethyl adjacent to an activating group) is 1. The van der Waals surface area contributed by atoms with Gasteiger partial charge in [-0.2, -0.15) is 9.97 Å². The second-order valence-electron chi connectivity index (χ2n) is 12.1. The molecule has 0 radical (unpaired) electrons. The highest BCUT2D eigenvalue weighted by atomic mass is 16.5. The van der Waals surface area contributed by atoms with Crippen LogP contribution in [-0.2, 0) is 17.8 Å². The van der Waals surface area contributed by atoms with Gasteiger partial charge in [0.15, 0.2) is 0 Å². The number of benzene rings is 2. The van der Waals surface area contributed by atoms with E-state index in [1.165, 1.54) is 22.0 Å². The van der Waals surface area contributed by atoms with Crippen molar-refractivity contribution in [3.63, 3.8) is 0 Å². The fraction of sp³-hybridized carbons (Fsp3) is 0.515. The minimum absolute atomic E-state index is 0.113. The molecule has 0 aliphatic carbocycles. The van der Waals surface area contributed by atoms with E-state index in [-0.39, 0.29) is 11.9 Å². The molecule has 3 aliphatic heterocycles. The van der Waals surface area contributed by atoms with Crippen LogP contribution < -0.4 is 14.5 Å². The molecule has 2 atom stereocenters. The number of ether oxygens (including phenoxy) is 1. The van der Waals surface area contributed by atoms with Gasteiger partial charge in [0.1, 0.15) is 12.4 Å². The summed E-state index contributed by atoms with van der Waals surface area (Å²) in [5.74, 6) is 1.46. The van der Waals surface area contributed by atoms with Crippen LogP contribution in [0.3, 0.4) is 0 Å². The number of likely N-dealkylation sites (tertiary alicyclic amines) is 1. The molecule has 4 heterocycles. The fourth-order valence-corrected chi connectivity index (χ4v) is 6.72. The lowest BCUT2D eigenvalue weighted by Gasteiger charge is -2.36. The van der Waals surface area contributed by atoms with E-state index < -0.39 is 0 Å². The monoisotopic (exact) mass is 567 g/mol. The highest BCUT2D eigenvalue weighted by molar-refractivity contribution is 5.94. The molecule has 0 spiro atoms. The van der Waals surface area contributed by atoms with Gasteiger partial charge >= 0.3 is 6.01 Å². The fourth-order valence-electron chi connectivity index (χ4n) is 6.72. The number of rotatable bonds is 8. The summed E-state index contributed by atoms with van der Waals surface area (Å²) in [4.78, 5) is 34.8. The van der Waals surface area contributed by atoms with E-state index in [9.17, 15) is 4.79 Å². The molecule has 6 rings (SSSR count). The summed E-state index contributed by atoms with van der Waals surface area (Å²) >= 11 is 0. The van der Waals surface area contributed by atoms with Crippen LogP contribution in [0.1, 0.15) is 36.9 Å². The van der Waals surface area contributed by atoms with Crippen molar-refractivity contribution in [1.29, 1.82) is 0 Å². The zero-order chi connectivity index (χ0) is 29.1. The molecule has 2 aromatic carbocycles. The maximum absolute atomic E-state index is 12.4. The number of hydrogen-bond acceptors (Lipinski definition) is 7. The summed E-state index contributed by atoms with van der Waals surface area (Å²) < 4.78 is 6.36. The molecule has 1 amide bonds. The Hall–Kier alpha value is -3.90. The van der Waals surface area contributed by atoms with Crippen LogP contribution in [0.15, 0.2) is 42.5 Å². The Labute approximate surface area is 248 Å². The molecule has 9 heteroatoms. The summed E-state index contributed by atoms with van der Waals surface area (Å²) in [5, 5.41) is 2.49. The number of nitrogens with zero attached hydrogens (tertiary/aromatic N) is 7. The summed E-state index contributed by atoms with van der Waals surface area (Å²) in [6, 6.07) is 15.6. The highest BCUT2D eigenvalue weighted by Crippen LogP contribution is 2.35. The Bertz CT molecular complexity index is 1460. The van der Waals surface area contributed by atoms with Gasteiger partial charge in [-0.3, -0.25) is 9.69 Å². The van der Waals surface area contributed by atoms with Crippen LogP contribution in [0, 0.1) is 12.5 Å². The Kier molecular flexibility index (Phi) is 8.43. The molecule has 2 fully saturated rings. The molecule has 2 saturated heterocycles. The predicted molar refractivity (Wildman–Crippen MR) is 166 cm³/mol. The molecule has 0 saturated carbocycles. The maximum Gasteiger partial charge on any atom is 0.318 e. The molecule has 0 bridgehead atoms. The van der Waals surface area contributed by atoms with Crippen molar-refractivity contribution in [2.24, 2.45) is 5.92 Å². The molecule has 2 unspecified atom stereocenters. The minimum Gasteiger partial charge on any atom is -0.462 e. The standard InChI is InChI=1S/C33H41N7O2/c1-34-19-24-9-7-17-40(20-24)32-28-15-18-39(30-14-6-11-25-10-4-5-13-27(25)30)21-29(28)35-33(36-32)42-23-26-12-8-16-38(26)22-31(41)37(2)3/h4-6,10-11,13-14,24,26H,7-9,12,15-23H2,2-3H3. The van der Waals surface area contributed by atoms with Crippen molar-refractivity contribution >= 4 is 28.2 Å². The number of aromatic nitrogens is 2. The molecule has 220 valence electrons. The maximum atomic E-state index is 12.4. The van der Waals surface area contributed by atoms with Crippen LogP contribution in [-0.4, -0.2) is 91.7 Å². The van der Waals surface area contributed by atoms with E-state index in [4.69, 9.17) is 21.3 Å². The largest absolute Gasteiger partial charge is 0.462 e. The zero-order valence-corrected chi connectivity index (χ0v) is 24.8. The molecular weight excluding hydrogens is 526 g/mol. The number of hydrogen-bond donors (Lipinski definition) is 0. The third-order valence-corrected chi connectivity index (χ3v) is 9.04. The third kappa shape index (κ3) is 6.00. The highest BCUT2D eigenvalue weighted by Gasteiger charge is 2.31. The number of piperidine rings is 1. The summed E-state index contributed by atoms with van der Waals surface area (Å²) in [5.41, 5.74) is 3.46. The van der Waals surface area contributed by atoms with Gasteiger partial charge in [-0.25, -0.2) is 6.57 Å². The van der Waals surface area contributed by atoms with E-state index in [1.54, 1.807) is 19.0 Å². The van der Waals surface area contributed by atoms with Gasteiger partial charge in [0.25, 0.3) is 0 Å². The Morgan fingerprint density at radius 2 is 1.88 bits per heavy atom. The first-order valence-electron chi connectivity index (χ1n) is 15.3. The quantitative estimate of drug-likeness (QED) is 0.377. The lowest BCUT2D eigenvalue weighted by atomic mass is 9.96. The zero-order valence-electron chi connectivity index (χ0n) is 24.8. The van der Waals surface area contributed by atoms with Gasteiger partial charge in [0, 0.05) is 62.3 Å². The second-order valence-corrected chi connectivity index (χ2v) is 12.1. The second kappa shape index (κ2) is 12.5. The summed E-state index contributed by atoms with van der Waals surface area (Å²) in [7, 11) is 3.61. The van der Waals surface area contributed by atoms with Crippen LogP contribution in [0.2, 0.25) is 0 Å². The van der Waals surface area contributed by atoms with E-state index in [2.05, 4.69) is 62.0 Å². The average Bonchev–Trinajstić information content (AvgIpc) is 3.46. The lowest BCUT2D eigenvalue weighted by molar-refractivity contribution is -0.130. The number of carbonyl (C=O) groups is 1. The Morgan fingerprint density at radius 3 is 2.74 bits per heavy atom. The summed E-state index contributed by atoms with van der Waals surface area (Å²) in [6.07, 6.45) is 5.07. The molecule has 9 nitrogen and oxygen atoms in total. The van der Waals surface area contributed by atoms with Crippen LogP contribution in [0.4, 0.5) is 11.5 Å². The van der Waals surface area contributed by atoms with Crippen LogP contribution in [0.25, 0.3) is 15.6 Å². The topological polar surface area (TPSA) is 69.4 Å². The summed E-state index contributed by atoms with van der Waals surface area (Å²) in [6.45, 7) is 13.1. The van der Waals surface area contributed by atoms with Gasteiger partial charge in [-0.05, 0) is 50.1 Å². The minimum atomic E-state index is 0.113. The van der Waals surface area contributed by atoms with Crippen molar-refractivity contribution in [1.82, 2.24) is 19.8 Å². The molecular formula is C33H41N7O2. The number of anilines is 2. The van der Waals surface area contributed by atoms with Crippen LogP contribution >= 0.6 is 0 Å². The van der Waals surface area contributed by atoms with Crippen molar-refractivity contribution in [2.75, 3.05) is 69.8 Å². The van der Waals surface area contributed by atoms with Gasteiger partial charge < -0.3 is 24.3 Å². The van der Waals surface area contributed by atoms with E-state index in [0.717, 1.165) is 69.8 Å². The molecule has 3 aromatic rings. The van der Waals surface area contributed by atoms with Crippen molar-refractivity contribution in [2.45, 2.75) is 44.7 Å².